The minimum Gasteiger partial charge on any atom is -0.497 e. The molecule has 5 heteroatoms. The Hall–Kier alpha value is -1.59. The fraction of sp³-hybridized carbons (Fsp3) is 0.500. The van der Waals surface area contributed by atoms with Gasteiger partial charge in [0.25, 0.3) is 0 Å². The monoisotopic (exact) mass is 266 g/mol. The number of hydrogen-bond acceptors (Lipinski definition) is 4. The van der Waals surface area contributed by atoms with Crippen LogP contribution >= 0.6 is 0 Å². The molecule has 1 atom stereocenters. The molecule has 0 bridgehead atoms. The van der Waals surface area contributed by atoms with Gasteiger partial charge in [0.15, 0.2) is 0 Å². The molecule has 0 aromatic heterocycles. The van der Waals surface area contributed by atoms with Gasteiger partial charge in [-0.3, -0.25) is 4.79 Å². The van der Waals surface area contributed by atoms with Crippen LogP contribution in [0, 0.1) is 0 Å². The van der Waals surface area contributed by atoms with E-state index in [4.69, 9.17) is 15.2 Å². The van der Waals surface area contributed by atoms with E-state index in [2.05, 4.69) is 5.32 Å². The molecule has 0 aliphatic carbocycles. The molecule has 106 valence electrons. The van der Waals surface area contributed by atoms with Crippen LogP contribution in [0.4, 0.5) is 0 Å². The van der Waals surface area contributed by atoms with Gasteiger partial charge in [-0.05, 0) is 30.7 Å². The highest BCUT2D eigenvalue weighted by atomic mass is 16.5. The van der Waals surface area contributed by atoms with Gasteiger partial charge < -0.3 is 20.5 Å². The normalized spacial score (nSPS) is 11.9. The number of carbonyl (C=O) groups excluding carboxylic acids is 1. The fourth-order valence-electron chi connectivity index (χ4n) is 1.81. The van der Waals surface area contributed by atoms with E-state index >= 15 is 0 Å². The van der Waals surface area contributed by atoms with E-state index in [1.165, 1.54) is 0 Å². The van der Waals surface area contributed by atoms with Gasteiger partial charge in [0.1, 0.15) is 5.75 Å². The lowest BCUT2D eigenvalue weighted by Crippen LogP contribution is -2.40. The summed E-state index contributed by atoms with van der Waals surface area (Å²) >= 11 is 0. The lowest BCUT2D eigenvalue weighted by atomic mass is 10.1. The SMILES string of the molecule is COCC(CCN)NC(=O)Cc1ccc(OC)cc1. The largest absolute Gasteiger partial charge is 0.497 e. The van der Waals surface area contributed by atoms with Gasteiger partial charge >= 0.3 is 0 Å². The highest BCUT2D eigenvalue weighted by molar-refractivity contribution is 5.78. The zero-order chi connectivity index (χ0) is 14.1. The zero-order valence-electron chi connectivity index (χ0n) is 11.5. The number of benzene rings is 1. The van der Waals surface area contributed by atoms with Crippen LogP contribution in [0.25, 0.3) is 0 Å². The Morgan fingerprint density at radius 3 is 2.53 bits per heavy atom. The molecular formula is C14H22N2O3. The summed E-state index contributed by atoms with van der Waals surface area (Å²) in [6, 6.07) is 7.42. The second-order valence-electron chi connectivity index (χ2n) is 4.32. The maximum Gasteiger partial charge on any atom is 0.224 e. The van der Waals surface area contributed by atoms with Crippen LogP contribution in [0.2, 0.25) is 0 Å². The molecule has 3 N–H and O–H groups in total. The first kappa shape index (κ1) is 15.5. The molecule has 0 heterocycles. The summed E-state index contributed by atoms with van der Waals surface area (Å²) in [6.45, 7) is 1.00. The third-order valence-electron chi connectivity index (χ3n) is 2.77. The summed E-state index contributed by atoms with van der Waals surface area (Å²) in [7, 11) is 3.23. The van der Waals surface area contributed by atoms with Gasteiger partial charge in [0.2, 0.25) is 5.91 Å². The first-order chi connectivity index (χ1) is 9.19. The van der Waals surface area contributed by atoms with Gasteiger partial charge in [-0.25, -0.2) is 0 Å². The Morgan fingerprint density at radius 1 is 1.32 bits per heavy atom. The quantitative estimate of drug-likeness (QED) is 0.727. The summed E-state index contributed by atoms with van der Waals surface area (Å²) in [5, 5.41) is 2.92. The highest BCUT2D eigenvalue weighted by Gasteiger charge is 2.11. The Bertz CT molecular complexity index is 373. The molecule has 0 spiro atoms. The summed E-state index contributed by atoms with van der Waals surface area (Å²) in [4.78, 5) is 11.9. The van der Waals surface area contributed by atoms with Crippen molar-refractivity contribution >= 4 is 5.91 Å². The highest BCUT2D eigenvalue weighted by Crippen LogP contribution is 2.11. The van der Waals surface area contributed by atoms with Crippen molar-refractivity contribution in [3.8, 4) is 5.75 Å². The molecular weight excluding hydrogens is 244 g/mol. The van der Waals surface area contributed by atoms with Gasteiger partial charge in [-0.2, -0.15) is 0 Å². The van der Waals surface area contributed by atoms with E-state index in [-0.39, 0.29) is 11.9 Å². The first-order valence-corrected chi connectivity index (χ1v) is 6.31. The van der Waals surface area contributed by atoms with Crippen molar-refractivity contribution in [2.75, 3.05) is 27.4 Å². The third kappa shape index (κ3) is 5.72. The first-order valence-electron chi connectivity index (χ1n) is 6.31. The number of hydrogen-bond donors (Lipinski definition) is 2. The summed E-state index contributed by atoms with van der Waals surface area (Å²) in [5.74, 6) is 0.755. The zero-order valence-corrected chi connectivity index (χ0v) is 11.5. The molecule has 5 nitrogen and oxygen atoms in total. The van der Waals surface area contributed by atoms with E-state index < -0.39 is 0 Å². The van der Waals surface area contributed by atoms with Crippen LogP contribution in [0.15, 0.2) is 24.3 Å². The average Bonchev–Trinajstić information content (AvgIpc) is 2.40. The summed E-state index contributed by atoms with van der Waals surface area (Å²) < 4.78 is 10.1. The second kappa shape index (κ2) is 8.50. The maximum absolute atomic E-state index is 11.9. The molecule has 1 rings (SSSR count). The van der Waals surface area contributed by atoms with Crippen molar-refractivity contribution < 1.29 is 14.3 Å². The van der Waals surface area contributed by atoms with E-state index in [0.717, 1.165) is 11.3 Å². The number of carbonyl (C=O) groups is 1. The van der Waals surface area contributed by atoms with Crippen molar-refractivity contribution in [3.63, 3.8) is 0 Å². The lowest BCUT2D eigenvalue weighted by molar-refractivity contribution is -0.121. The number of rotatable bonds is 8. The minimum atomic E-state index is -0.0272. The van der Waals surface area contributed by atoms with Crippen molar-refractivity contribution in [3.05, 3.63) is 29.8 Å². The summed E-state index contributed by atoms with van der Waals surface area (Å²) in [5.41, 5.74) is 6.45. The predicted molar refractivity (Wildman–Crippen MR) is 74.2 cm³/mol. The fourth-order valence-corrected chi connectivity index (χ4v) is 1.81. The molecule has 1 aromatic carbocycles. The molecule has 0 aliphatic rings. The molecule has 1 unspecified atom stereocenters. The number of ether oxygens (including phenoxy) is 2. The Morgan fingerprint density at radius 2 is 2.00 bits per heavy atom. The Balaban J connectivity index is 2.48. The average molecular weight is 266 g/mol. The number of nitrogens with two attached hydrogens (primary N) is 1. The van der Waals surface area contributed by atoms with Crippen molar-refractivity contribution in [1.29, 1.82) is 0 Å². The van der Waals surface area contributed by atoms with Crippen LogP contribution in [0.3, 0.4) is 0 Å². The smallest absolute Gasteiger partial charge is 0.224 e. The second-order valence-corrected chi connectivity index (χ2v) is 4.32. The van der Waals surface area contributed by atoms with Gasteiger partial charge in [0.05, 0.1) is 26.2 Å². The predicted octanol–water partition coefficient (Wildman–Crippen LogP) is 0.718. The molecule has 1 aromatic rings. The summed E-state index contributed by atoms with van der Waals surface area (Å²) in [6.07, 6.45) is 1.05. The Kier molecular flexibility index (Phi) is 6.92. The van der Waals surface area contributed by atoms with Gasteiger partial charge in [-0.1, -0.05) is 12.1 Å². The van der Waals surface area contributed by atoms with Crippen LogP contribution in [0.1, 0.15) is 12.0 Å². The molecule has 0 aliphatic heterocycles. The minimum absolute atomic E-state index is 0.0271. The molecule has 19 heavy (non-hydrogen) atoms. The maximum atomic E-state index is 11.9. The third-order valence-corrected chi connectivity index (χ3v) is 2.77. The molecule has 0 fully saturated rings. The van der Waals surface area contributed by atoms with Crippen molar-refractivity contribution in [2.45, 2.75) is 18.9 Å². The lowest BCUT2D eigenvalue weighted by Gasteiger charge is -2.17. The van der Waals surface area contributed by atoms with Crippen molar-refractivity contribution in [1.82, 2.24) is 5.32 Å². The standard InChI is InChI=1S/C14H22N2O3/c1-18-10-12(7-8-15)16-14(17)9-11-3-5-13(19-2)6-4-11/h3-6,12H,7-10,15H2,1-2H3,(H,16,17). The van der Waals surface area contributed by atoms with E-state index in [0.29, 0.717) is 26.0 Å². The molecule has 0 saturated heterocycles. The van der Waals surface area contributed by atoms with E-state index in [1.807, 2.05) is 24.3 Å². The van der Waals surface area contributed by atoms with Gasteiger partial charge in [-0.15, -0.1) is 0 Å². The van der Waals surface area contributed by atoms with E-state index in [1.54, 1.807) is 14.2 Å². The van der Waals surface area contributed by atoms with Gasteiger partial charge in [0, 0.05) is 7.11 Å². The number of amides is 1. The van der Waals surface area contributed by atoms with Crippen LogP contribution in [-0.2, 0) is 16.0 Å². The van der Waals surface area contributed by atoms with Crippen molar-refractivity contribution in [2.24, 2.45) is 5.73 Å². The number of methoxy groups -OCH3 is 2. The van der Waals surface area contributed by atoms with Crippen LogP contribution < -0.4 is 15.8 Å². The van der Waals surface area contributed by atoms with Crippen LogP contribution in [0.5, 0.6) is 5.75 Å². The molecule has 0 radical (unpaired) electrons. The number of nitrogens with one attached hydrogen (secondary N) is 1. The molecule has 1 amide bonds. The Labute approximate surface area is 114 Å². The topological polar surface area (TPSA) is 73.6 Å². The van der Waals surface area contributed by atoms with E-state index in [9.17, 15) is 4.79 Å². The van der Waals surface area contributed by atoms with Crippen LogP contribution in [-0.4, -0.2) is 39.3 Å². The molecule has 0 saturated carbocycles.